The van der Waals surface area contributed by atoms with E-state index in [1.165, 1.54) is 7.11 Å². The molecule has 0 amide bonds. The van der Waals surface area contributed by atoms with Crippen molar-refractivity contribution >= 4 is 11.6 Å². The summed E-state index contributed by atoms with van der Waals surface area (Å²) in [5, 5.41) is 3.82. The smallest absolute Gasteiger partial charge is 0.284 e. The molecule has 0 atom stereocenters. The molecule has 1 heterocycles. The first kappa shape index (κ1) is 22.9. The lowest BCUT2D eigenvalue weighted by Crippen LogP contribution is -2.46. The maximum atomic E-state index is 13.4. The van der Waals surface area contributed by atoms with Crippen LogP contribution in [0.5, 0.6) is 0 Å². The molecule has 0 unspecified atom stereocenters. The number of benzene rings is 4. The van der Waals surface area contributed by atoms with Crippen molar-refractivity contribution in [2.45, 2.75) is 0 Å². The minimum absolute atomic E-state index is 0.179. The number of aromatic nitrogens is 2. The average molecular weight is 477 g/mol. The molecule has 0 saturated heterocycles. The maximum Gasteiger partial charge on any atom is 0.330 e. The second-order valence-electron chi connectivity index (χ2n) is 7.91. The highest BCUT2D eigenvalue weighted by Crippen LogP contribution is 2.23. The fourth-order valence-electron chi connectivity index (χ4n) is 3.87. The summed E-state index contributed by atoms with van der Waals surface area (Å²) in [7, 11) is 1.25. The second kappa shape index (κ2) is 10.2. The molecular weight excluding hydrogens is 456 g/mol. The molecule has 0 fully saturated rings. The van der Waals surface area contributed by atoms with Crippen LogP contribution in [0, 0.1) is 0 Å². The van der Waals surface area contributed by atoms with Crippen molar-refractivity contribution < 1.29 is 29.0 Å². The van der Waals surface area contributed by atoms with Gasteiger partial charge in [0.2, 0.25) is 11.6 Å². The van der Waals surface area contributed by atoms with Crippen LogP contribution < -0.4 is 9.89 Å². The molecule has 5 aromatic rings. The monoisotopic (exact) mass is 477 g/mol. The summed E-state index contributed by atoms with van der Waals surface area (Å²) in [5.74, 6) is -0.988. The number of carbonyl (C=O) groups is 2. The summed E-state index contributed by atoms with van der Waals surface area (Å²) in [6.07, 6.45) is 0. The van der Waals surface area contributed by atoms with Crippen LogP contribution in [0.4, 0.5) is 0 Å². The SMILES string of the molecule is COO[n+]1onc(C(=O)c2ccc(-c3ccccc3)cc2)c1C(=O)c1ccc(-c2ccccc2)cc1. The van der Waals surface area contributed by atoms with Gasteiger partial charge in [0.15, 0.2) is 10.1 Å². The van der Waals surface area contributed by atoms with Gasteiger partial charge in [-0.3, -0.25) is 9.59 Å². The van der Waals surface area contributed by atoms with Crippen molar-refractivity contribution in [1.29, 1.82) is 0 Å². The van der Waals surface area contributed by atoms with Crippen molar-refractivity contribution in [3.63, 3.8) is 0 Å². The van der Waals surface area contributed by atoms with E-state index in [-0.39, 0.29) is 11.4 Å². The van der Waals surface area contributed by atoms with Crippen LogP contribution in [0.15, 0.2) is 114 Å². The fraction of sp³-hybridized carbons (Fsp3) is 0.0345. The predicted molar refractivity (Wildman–Crippen MR) is 131 cm³/mol. The van der Waals surface area contributed by atoms with Gasteiger partial charge in [-0.05, 0) is 26.9 Å². The third-order valence-electron chi connectivity index (χ3n) is 5.69. The molecule has 36 heavy (non-hydrogen) atoms. The van der Waals surface area contributed by atoms with Gasteiger partial charge in [-0.1, -0.05) is 109 Å². The van der Waals surface area contributed by atoms with E-state index in [0.717, 1.165) is 22.3 Å². The highest BCUT2D eigenvalue weighted by molar-refractivity contribution is 6.17. The highest BCUT2D eigenvalue weighted by Gasteiger charge is 2.39. The first-order chi connectivity index (χ1) is 17.7. The number of hydrogen-bond acceptors (Lipinski definition) is 6. The molecule has 0 bridgehead atoms. The van der Waals surface area contributed by atoms with Gasteiger partial charge < -0.3 is 0 Å². The molecule has 0 spiro atoms. The van der Waals surface area contributed by atoms with Crippen molar-refractivity contribution in [2.75, 3.05) is 7.11 Å². The zero-order chi connectivity index (χ0) is 24.9. The first-order valence-corrected chi connectivity index (χ1v) is 11.2. The summed E-state index contributed by atoms with van der Waals surface area (Å²) >= 11 is 0. The summed E-state index contributed by atoms with van der Waals surface area (Å²) in [5.41, 5.74) is 4.28. The Morgan fingerprint density at radius 1 is 0.639 bits per heavy atom. The van der Waals surface area contributed by atoms with Gasteiger partial charge in [0.05, 0.1) is 7.11 Å². The molecule has 0 aliphatic rings. The van der Waals surface area contributed by atoms with Gasteiger partial charge in [-0.15, -0.1) is 9.88 Å². The Kier molecular flexibility index (Phi) is 6.46. The highest BCUT2D eigenvalue weighted by atomic mass is 17.3. The molecule has 1 aromatic heterocycles. The summed E-state index contributed by atoms with van der Waals surface area (Å²) in [6.45, 7) is 0. The van der Waals surface area contributed by atoms with Gasteiger partial charge in [-0.2, -0.15) is 0 Å². The van der Waals surface area contributed by atoms with Gasteiger partial charge in [-0.25, -0.2) is 0 Å². The third-order valence-corrected chi connectivity index (χ3v) is 5.69. The van der Waals surface area contributed by atoms with E-state index in [0.29, 0.717) is 16.0 Å². The molecule has 4 aromatic carbocycles. The standard InChI is InChI=1S/C29H21N2O5/c1-34-36-31-27(29(33)25-18-14-23(15-19-25)21-10-6-3-7-11-21)26(30-35-31)28(32)24-16-12-22(13-17-24)20-8-4-2-5-9-20/h2-19H,1H3/q+1. The molecule has 5 rings (SSSR count). The normalized spacial score (nSPS) is 10.7. The summed E-state index contributed by atoms with van der Waals surface area (Å²) in [6, 6.07) is 33.7. The Bertz CT molecular complexity index is 1490. The van der Waals surface area contributed by atoms with Gasteiger partial charge in [0, 0.05) is 11.1 Å². The Morgan fingerprint density at radius 2 is 1.08 bits per heavy atom. The van der Waals surface area contributed by atoms with E-state index in [4.69, 9.17) is 9.62 Å². The quantitative estimate of drug-likeness (QED) is 0.182. The lowest BCUT2D eigenvalue weighted by Gasteiger charge is -2.04. The topological polar surface area (TPSA) is 82.5 Å². The van der Waals surface area contributed by atoms with Crippen LogP contribution in [-0.4, -0.2) is 23.8 Å². The molecule has 0 saturated carbocycles. The van der Waals surface area contributed by atoms with Crippen molar-refractivity contribution in [3.05, 3.63) is 132 Å². The Hall–Kier alpha value is -4.88. The minimum Gasteiger partial charge on any atom is -0.284 e. The predicted octanol–water partition coefficient (Wildman–Crippen LogP) is 4.75. The zero-order valence-corrected chi connectivity index (χ0v) is 19.3. The van der Waals surface area contributed by atoms with Gasteiger partial charge in [0.1, 0.15) is 0 Å². The van der Waals surface area contributed by atoms with Crippen molar-refractivity contribution in [1.82, 2.24) is 5.16 Å². The molecule has 0 N–H and O–H groups in total. The van der Waals surface area contributed by atoms with E-state index >= 15 is 0 Å². The average Bonchev–Trinajstić information content (AvgIpc) is 3.37. The molecule has 176 valence electrons. The Labute approximate surface area is 207 Å². The molecule has 0 aliphatic heterocycles. The fourth-order valence-corrected chi connectivity index (χ4v) is 3.87. The van der Waals surface area contributed by atoms with E-state index in [1.54, 1.807) is 24.3 Å². The van der Waals surface area contributed by atoms with Crippen LogP contribution >= 0.6 is 0 Å². The van der Waals surface area contributed by atoms with Crippen LogP contribution in [0.3, 0.4) is 0 Å². The third kappa shape index (κ3) is 4.55. The molecule has 7 heteroatoms. The summed E-state index contributed by atoms with van der Waals surface area (Å²) < 4.78 is 5.09. The number of hydrogen-bond donors (Lipinski definition) is 0. The van der Waals surface area contributed by atoms with E-state index in [9.17, 15) is 9.59 Å². The number of nitrogens with zero attached hydrogens (tertiary/aromatic N) is 2. The van der Waals surface area contributed by atoms with Crippen LogP contribution in [0.25, 0.3) is 22.3 Å². The van der Waals surface area contributed by atoms with E-state index < -0.39 is 11.6 Å². The summed E-state index contributed by atoms with van der Waals surface area (Å²) in [4.78, 5) is 37.0. The number of rotatable bonds is 8. The van der Waals surface area contributed by atoms with Crippen LogP contribution in [-0.2, 0) is 4.89 Å². The Morgan fingerprint density at radius 3 is 1.56 bits per heavy atom. The van der Waals surface area contributed by atoms with E-state index in [1.807, 2.05) is 84.9 Å². The lowest BCUT2D eigenvalue weighted by molar-refractivity contribution is -1.07. The zero-order valence-electron chi connectivity index (χ0n) is 19.3. The van der Waals surface area contributed by atoms with Crippen LogP contribution in [0.1, 0.15) is 32.1 Å². The molecule has 0 aliphatic carbocycles. The lowest BCUT2D eigenvalue weighted by atomic mass is 9.98. The van der Waals surface area contributed by atoms with Crippen molar-refractivity contribution in [3.8, 4) is 22.3 Å². The molecule has 7 nitrogen and oxygen atoms in total. The second-order valence-corrected chi connectivity index (χ2v) is 7.91. The van der Waals surface area contributed by atoms with E-state index in [2.05, 4.69) is 10.0 Å². The number of carbonyl (C=O) groups excluding carboxylic acids is 2. The van der Waals surface area contributed by atoms with Crippen LogP contribution in [0.2, 0.25) is 0 Å². The Balaban J connectivity index is 1.46. The molecular formula is C29H21N2O5+. The largest absolute Gasteiger partial charge is 0.330 e. The first-order valence-electron chi connectivity index (χ1n) is 11.2. The minimum atomic E-state index is -0.503. The van der Waals surface area contributed by atoms with Gasteiger partial charge in [0.25, 0.3) is 0 Å². The maximum absolute atomic E-state index is 13.4. The van der Waals surface area contributed by atoms with Crippen molar-refractivity contribution in [2.24, 2.45) is 0 Å². The van der Waals surface area contributed by atoms with Gasteiger partial charge >= 0.3 is 11.4 Å². The number of ketones is 2. The molecule has 0 radical (unpaired) electrons.